The molecule has 4 nitrogen and oxygen atoms in total. The molecule has 0 aliphatic carbocycles. The molecule has 0 saturated carbocycles. The molecule has 0 aliphatic heterocycles. The van der Waals surface area contributed by atoms with E-state index in [0.29, 0.717) is 13.2 Å². The van der Waals surface area contributed by atoms with Crippen molar-refractivity contribution in [2.45, 2.75) is 117 Å². The van der Waals surface area contributed by atoms with Gasteiger partial charge in [-0.3, -0.25) is 5.32 Å². The maximum atomic E-state index is 9.60. The SMILES string of the molecule is CCCCCC(C)CCCCCCCCCCOC(NCCO)C(C)O. The Kier molecular flexibility index (Phi) is 19.5. The van der Waals surface area contributed by atoms with Gasteiger partial charge in [0, 0.05) is 13.2 Å². The van der Waals surface area contributed by atoms with Crippen LogP contribution in [-0.4, -0.2) is 42.3 Å². The smallest absolute Gasteiger partial charge is 0.134 e. The molecule has 3 N–H and O–H groups in total. The molecule has 0 spiro atoms. The van der Waals surface area contributed by atoms with Gasteiger partial charge in [-0.25, -0.2) is 0 Å². The van der Waals surface area contributed by atoms with Crippen molar-refractivity contribution in [2.24, 2.45) is 5.92 Å². The van der Waals surface area contributed by atoms with Crippen molar-refractivity contribution < 1.29 is 14.9 Å². The lowest BCUT2D eigenvalue weighted by Crippen LogP contribution is -2.42. The van der Waals surface area contributed by atoms with Crippen molar-refractivity contribution in [3.05, 3.63) is 0 Å². The summed E-state index contributed by atoms with van der Waals surface area (Å²) < 4.78 is 5.65. The van der Waals surface area contributed by atoms with Gasteiger partial charge >= 0.3 is 0 Å². The second-order valence-electron chi connectivity index (χ2n) is 7.93. The number of hydrogen-bond acceptors (Lipinski definition) is 4. The third-order valence-electron chi connectivity index (χ3n) is 5.08. The van der Waals surface area contributed by atoms with Crippen molar-refractivity contribution >= 4 is 0 Å². The fourth-order valence-electron chi connectivity index (χ4n) is 3.33. The lowest BCUT2D eigenvalue weighted by Gasteiger charge is -2.21. The number of aliphatic hydroxyl groups excluding tert-OH is 2. The van der Waals surface area contributed by atoms with Gasteiger partial charge in [-0.1, -0.05) is 90.9 Å². The fourth-order valence-corrected chi connectivity index (χ4v) is 3.33. The zero-order valence-corrected chi connectivity index (χ0v) is 17.8. The van der Waals surface area contributed by atoms with Crippen LogP contribution in [0.15, 0.2) is 0 Å². The highest BCUT2D eigenvalue weighted by atomic mass is 16.5. The van der Waals surface area contributed by atoms with Crippen LogP contribution in [0.2, 0.25) is 0 Å². The Morgan fingerprint density at radius 1 is 0.808 bits per heavy atom. The summed E-state index contributed by atoms with van der Waals surface area (Å²) in [5, 5.41) is 21.4. The van der Waals surface area contributed by atoms with Crippen LogP contribution >= 0.6 is 0 Å². The van der Waals surface area contributed by atoms with E-state index in [1.807, 2.05) is 0 Å². The summed E-state index contributed by atoms with van der Waals surface area (Å²) >= 11 is 0. The summed E-state index contributed by atoms with van der Waals surface area (Å²) in [6.07, 6.45) is 16.4. The maximum absolute atomic E-state index is 9.60. The van der Waals surface area contributed by atoms with Crippen LogP contribution in [0.5, 0.6) is 0 Å². The standard InChI is InChI=1S/C22H47NO3/c1-4-5-12-15-20(2)16-13-10-8-6-7-9-11-14-19-26-22(21(3)25)23-17-18-24/h20-25H,4-19H2,1-3H3. The molecule has 0 fully saturated rings. The van der Waals surface area contributed by atoms with Gasteiger partial charge in [-0.2, -0.15) is 0 Å². The number of unbranched alkanes of at least 4 members (excludes halogenated alkanes) is 9. The first kappa shape index (κ1) is 25.8. The van der Waals surface area contributed by atoms with E-state index in [2.05, 4.69) is 19.2 Å². The number of aliphatic hydroxyl groups is 2. The molecule has 4 heteroatoms. The van der Waals surface area contributed by atoms with Gasteiger partial charge in [0.1, 0.15) is 6.23 Å². The Hall–Kier alpha value is -0.160. The van der Waals surface area contributed by atoms with Crippen molar-refractivity contribution in [3.8, 4) is 0 Å². The second-order valence-corrected chi connectivity index (χ2v) is 7.93. The van der Waals surface area contributed by atoms with Gasteiger partial charge in [-0.05, 0) is 19.3 Å². The van der Waals surface area contributed by atoms with Crippen LogP contribution in [0, 0.1) is 5.92 Å². The third kappa shape index (κ3) is 17.3. The van der Waals surface area contributed by atoms with Crippen molar-refractivity contribution in [3.63, 3.8) is 0 Å². The molecular weight excluding hydrogens is 326 g/mol. The molecular formula is C22H47NO3. The molecule has 0 aromatic rings. The molecule has 0 amide bonds. The maximum Gasteiger partial charge on any atom is 0.134 e. The number of ether oxygens (including phenoxy) is 1. The average Bonchev–Trinajstić information content (AvgIpc) is 2.62. The number of nitrogens with one attached hydrogen (secondary N) is 1. The van der Waals surface area contributed by atoms with Gasteiger partial charge in [0.15, 0.2) is 0 Å². The molecule has 0 aliphatic rings. The molecule has 0 rings (SSSR count). The molecule has 0 heterocycles. The zero-order chi connectivity index (χ0) is 19.5. The molecule has 0 radical (unpaired) electrons. The lowest BCUT2D eigenvalue weighted by atomic mass is 9.96. The molecule has 0 bridgehead atoms. The Bertz CT molecular complexity index is 274. The Balaban J connectivity index is 3.33. The van der Waals surface area contributed by atoms with E-state index in [1.54, 1.807) is 6.92 Å². The fraction of sp³-hybridized carbons (Fsp3) is 1.00. The van der Waals surface area contributed by atoms with Gasteiger partial charge in [-0.15, -0.1) is 0 Å². The van der Waals surface area contributed by atoms with E-state index in [0.717, 1.165) is 12.3 Å². The molecule has 0 aromatic heterocycles. The van der Waals surface area contributed by atoms with Crippen molar-refractivity contribution in [2.75, 3.05) is 19.8 Å². The number of rotatable bonds is 20. The summed E-state index contributed by atoms with van der Waals surface area (Å²) in [4.78, 5) is 0. The first-order valence-electron chi connectivity index (χ1n) is 11.3. The molecule has 0 aromatic carbocycles. The summed E-state index contributed by atoms with van der Waals surface area (Å²) in [6, 6.07) is 0. The van der Waals surface area contributed by atoms with Gasteiger partial charge in [0.25, 0.3) is 0 Å². The van der Waals surface area contributed by atoms with Crippen molar-refractivity contribution in [1.82, 2.24) is 5.32 Å². The third-order valence-corrected chi connectivity index (χ3v) is 5.08. The summed E-state index contributed by atoms with van der Waals surface area (Å²) in [5.41, 5.74) is 0. The zero-order valence-electron chi connectivity index (χ0n) is 17.8. The molecule has 0 saturated heterocycles. The van der Waals surface area contributed by atoms with Crippen LogP contribution in [0.1, 0.15) is 104 Å². The van der Waals surface area contributed by atoms with E-state index in [-0.39, 0.29) is 12.8 Å². The first-order valence-corrected chi connectivity index (χ1v) is 11.3. The molecule has 3 atom stereocenters. The molecule has 158 valence electrons. The quantitative estimate of drug-likeness (QED) is 0.207. The molecule has 26 heavy (non-hydrogen) atoms. The van der Waals surface area contributed by atoms with Crippen LogP contribution in [0.4, 0.5) is 0 Å². The van der Waals surface area contributed by atoms with Crippen LogP contribution in [0.25, 0.3) is 0 Å². The van der Waals surface area contributed by atoms with E-state index >= 15 is 0 Å². The summed E-state index contributed by atoms with van der Waals surface area (Å²) in [7, 11) is 0. The Labute approximate surface area is 163 Å². The van der Waals surface area contributed by atoms with E-state index < -0.39 is 6.10 Å². The first-order chi connectivity index (χ1) is 12.6. The average molecular weight is 374 g/mol. The second kappa shape index (κ2) is 19.6. The largest absolute Gasteiger partial charge is 0.395 e. The summed E-state index contributed by atoms with van der Waals surface area (Å²) in [5.74, 6) is 0.916. The van der Waals surface area contributed by atoms with Gasteiger partial charge in [0.05, 0.1) is 12.7 Å². The Morgan fingerprint density at radius 3 is 1.88 bits per heavy atom. The Morgan fingerprint density at radius 2 is 1.35 bits per heavy atom. The minimum absolute atomic E-state index is 0.0599. The number of hydrogen-bond donors (Lipinski definition) is 3. The van der Waals surface area contributed by atoms with Crippen LogP contribution in [-0.2, 0) is 4.74 Å². The minimum atomic E-state index is -0.559. The highest BCUT2D eigenvalue weighted by molar-refractivity contribution is 4.62. The van der Waals surface area contributed by atoms with Crippen LogP contribution < -0.4 is 5.32 Å². The normalized spacial score (nSPS) is 15.1. The predicted octanol–water partition coefficient (Wildman–Crippen LogP) is 5.02. The predicted molar refractivity (Wildman–Crippen MR) is 111 cm³/mol. The summed E-state index contributed by atoms with van der Waals surface area (Å²) in [6.45, 7) is 7.59. The lowest BCUT2D eigenvalue weighted by molar-refractivity contribution is -0.0507. The van der Waals surface area contributed by atoms with Gasteiger partial charge in [0.2, 0.25) is 0 Å². The molecule has 3 unspecified atom stereocenters. The van der Waals surface area contributed by atoms with E-state index in [4.69, 9.17) is 9.84 Å². The topological polar surface area (TPSA) is 61.7 Å². The minimum Gasteiger partial charge on any atom is -0.395 e. The van der Waals surface area contributed by atoms with Gasteiger partial charge < -0.3 is 14.9 Å². The highest BCUT2D eigenvalue weighted by Crippen LogP contribution is 2.17. The highest BCUT2D eigenvalue weighted by Gasteiger charge is 2.13. The van der Waals surface area contributed by atoms with Crippen LogP contribution in [0.3, 0.4) is 0 Å². The van der Waals surface area contributed by atoms with E-state index in [1.165, 1.54) is 77.0 Å². The monoisotopic (exact) mass is 373 g/mol. The van der Waals surface area contributed by atoms with E-state index in [9.17, 15) is 5.11 Å². The van der Waals surface area contributed by atoms with Crippen molar-refractivity contribution in [1.29, 1.82) is 0 Å².